The number of aromatic nitrogens is 2. The van der Waals surface area contributed by atoms with Crippen LogP contribution in [0.25, 0.3) is 21.8 Å². The molecule has 4 rings (SSSR count). The van der Waals surface area contributed by atoms with E-state index in [0.717, 1.165) is 17.0 Å². The lowest BCUT2D eigenvalue weighted by Crippen LogP contribution is -1.99. The van der Waals surface area contributed by atoms with Gasteiger partial charge in [-0.15, -0.1) is 10.2 Å². The van der Waals surface area contributed by atoms with Crippen LogP contribution in [0.1, 0.15) is 0 Å². The maximum absolute atomic E-state index is 11.7. The maximum atomic E-state index is 11.7. The molecule has 0 amide bonds. The van der Waals surface area contributed by atoms with Crippen molar-refractivity contribution in [1.82, 2.24) is 9.97 Å². The van der Waals surface area contributed by atoms with E-state index in [4.69, 9.17) is 0 Å². The Hall–Kier alpha value is -3.43. The Balaban J connectivity index is 1.85. The summed E-state index contributed by atoms with van der Waals surface area (Å²) in [5, 5.41) is 19.3. The predicted molar refractivity (Wildman–Crippen MR) is 99.1 cm³/mol. The highest BCUT2D eigenvalue weighted by atomic mass is 32.2. The summed E-state index contributed by atoms with van der Waals surface area (Å²) in [6.45, 7) is 0. The molecule has 0 aliphatic heterocycles. The number of phenolic OH excluding ortho intramolecular Hbond substituents is 1. The second-order valence-corrected chi connectivity index (χ2v) is 7.09. The number of pyridine rings is 2. The number of aromatic hydroxyl groups is 1. The number of rotatable bonds is 3. The van der Waals surface area contributed by atoms with Crippen LogP contribution in [0.5, 0.6) is 5.75 Å². The standard InChI is InChI=1S/C18H12N4O4S/c23-18-15(9-16(27(24,25)26)13-5-3-7-19-17(13)18)22-21-12-8-11-4-1-2-6-14(11)20-10-12/h1-10,23H,(H,24,25,26)/b22-21+. The summed E-state index contributed by atoms with van der Waals surface area (Å²) in [6.07, 6.45) is 2.90. The van der Waals surface area contributed by atoms with Crippen molar-refractivity contribution in [1.29, 1.82) is 0 Å². The number of fused-ring (bicyclic) bond motifs is 2. The van der Waals surface area contributed by atoms with Gasteiger partial charge >= 0.3 is 0 Å². The molecule has 9 heteroatoms. The molecule has 8 nitrogen and oxygen atoms in total. The van der Waals surface area contributed by atoms with E-state index in [1.54, 1.807) is 6.07 Å². The first-order valence-electron chi connectivity index (χ1n) is 7.78. The molecule has 134 valence electrons. The summed E-state index contributed by atoms with van der Waals surface area (Å²) in [7, 11) is -4.55. The van der Waals surface area contributed by atoms with Gasteiger partial charge in [0.25, 0.3) is 10.1 Å². The average molecular weight is 380 g/mol. The Morgan fingerprint density at radius 3 is 2.59 bits per heavy atom. The quantitative estimate of drug-likeness (QED) is 0.406. The van der Waals surface area contributed by atoms with Gasteiger partial charge in [0.15, 0.2) is 5.75 Å². The molecule has 2 aromatic carbocycles. The molecule has 2 heterocycles. The summed E-state index contributed by atoms with van der Waals surface area (Å²) >= 11 is 0. The van der Waals surface area contributed by atoms with Crippen LogP contribution in [-0.2, 0) is 10.1 Å². The van der Waals surface area contributed by atoms with Gasteiger partial charge in [-0.2, -0.15) is 8.42 Å². The highest BCUT2D eigenvalue weighted by molar-refractivity contribution is 7.86. The van der Waals surface area contributed by atoms with E-state index in [1.807, 2.05) is 24.3 Å². The molecule has 4 aromatic rings. The van der Waals surface area contributed by atoms with Gasteiger partial charge in [0.1, 0.15) is 21.8 Å². The minimum absolute atomic E-state index is 0.00166. The van der Waals surface area contributed by atoms with E-state index in [0.29, 0.717) is 5.69 Å². The topological polar surface area (TPSA) is 125 Å². The van der Waals surface area contributed by atoms with E-state index in [2.05, 4.69) is 20.2 Å². The monoisotopic (exact) mass is 380 g/mol. The van der Waals surface area contributed by atoms with Gasteiger partial charge in [-0.1, -0.05) is 18.2 Å². The minimum Gasteiger partial charge on any atom is -0.504 e. The lowest BCUT2D eigenvalue weighted by atomic mass is 10.2. The lowest BCUT2D eigenvalue weighted by molar-refractivity contribution is 0.479. The first-order valence-corrected chi connectivity index (χ1v) is 9.22. The van der Waals surface area contributed by atoms with E-state index in [1.165, 1.54) is 24.5 Å². The van der Waals surface area contributed by atoms with Gasteiger partial charge in [0, 0.05) is 17.0 Å². The Bertz CT molecular complexity index is 1320. The van der Waals surface area contributed by atoms with Gasteiger partial charge in [-0.25, -0.2) is 0 Å². The van der Waals surface area contributed by atoms with Gasteiger partial charge in [0.2, 0.25) is 0 Å². The summed E-state index contributed by atoms with van der Waals surface area (Å²) in [5.74, 6) is -0.338. The molecule has 0 aliphatic carbocycles. The third-order valence-electron chi connectivity index (χ3n) is 3.94. The normalized spacial score (nSPS) is 12.2. The minimum atomic E-state index is -4.55. The number of hydrogen-bond acceptors (Lipinski definition) is 7. The van der Waals surface area contributed by atoms with E-state index in [-0.39, 0.29) is 22.3 Å². The maximum Gasteiger partial charge on any atom is 0.295 e. The largest absolute Gasteiger partial charge is 0.504 e. The Morgan fingerprint density at radius 2 is 1.78 bits per heavy atom. The van der Waals surface area contributed by atoms with Crippen molar-refractivity contribution in [2.24, 2.45) is 10.2 Å². The predicted octanol–water partition coefficient (Wildman–Crippen LogP) is 4.15. The van der Waals surface area contributed by atoms with E-state index < -0.39 is 15.0 Å². The van der Waals surface area contributed by atoms with Crippen LogP contribution < -0.4 is 0 Å². The van der Waals surface area contributed by atoms with Crippen LogP contribution in [0.2, 0.25) is 0 Å². The summed E-state index contributed by atoms with van der Waals surface area (Å²) in [4.78, 5) is 7.82. The second-order valence-electron chi connectivity index (χ2n) is 5.70. The number of phenols is 1. The highest BCUT2D eigenvalue weighted by Gasteiger charge is 2.20. The molecule has 0 fully saturated rings. The van der Waals surface area contributed by atoms with Crippen molar-refractivity contribution in [2.45, 2.75) is 4.90 Å². The van der Waals surface area contributed by atoms with Gasteiger partial charge in [-0.3, -0.25) is 14.5 Å². The van der Waals surface area contributed by atoms with Crippen molar-refractivity contribution in [3.05, 3.63) is 60.9 Å². The highest BCUT2D eigenvalue weighted by Crippen LogP contribution is 2.38. The van der Waals surface area contributed by atoms with Crippen LogP contribution in [0.3, 0.4) is 0 Å². The molecule has 0 unspecified atom stereocenters. The third-order valence-corrected chi connectivity index (χ3v) is 4.83. The number of nitrogens with zero attached hydrogens (tertiary/aromatic N) is 4. The zero-order chi connectivity index (χ0) is 19.0. The number of hydrogen-bond donors (Lipinski definition) is 2. The van der Waals surface area contributed by atoms with Crippen LogP contribution in [0, 0.1) is 0 Å². The number of para-hydroxylation sites is 1. The van der Waals surface area contributed by atoms with Crippen LogP contribution >= 0.6 is 0 Å². The number of benzene rings is 2. The first kappa shape index (κ1) is 17.0. The molecule has 0 spiro atoms. The first-order chi connectivity index (χ1) is 12.9. The number of azo groups is 1. The van der Waals surface area contributed by atoms with Crippen molar-refractivity contribution >= 4 is 43.3 Å². The van der Waals surface area contributed by atoms with Gasteiger partial charge in [-0.05, 0) is 30.3 Å². The lowest BCUT2D eigenvalue weighted by Gasteiger charge is -2.07. The molecule has 0 atom stereocenters. The zero-order valence-corrected chi connectivity index (χ0v) is 14.5. The molecule has 2 N–H and O–H groups in total. The molecule has 0 radical (unpaired) electrons. The fourth-order valence-corrected chi connectivity index (χ4v) is 3.40. The Labute approximate surface area is 153 Å². The zero-order valence-electron chi connectivity index (χ0n) is 13.7. The van der Waals surface area contributed by atoms with Crippen LogP contribution in [-0.4, -0.2) is 28.0 Å². The summed E-state index contributed by atoms with van der Waals surface area (Å²) < 4.78 is 32.9. The molecule has 0 aliphatic rings. The molecule has 0 bridgehead atoms. The Morgan fingerprint density at radius 1 is 0.963 bits per heavy atom. The van der Waals surface area contributed by atoms with Gasteiger partial charge in [0.05, 0.1) is 11.7 Å². The van der Waals surface area contributed by atoms with Crippen molar-refractivity contribution in [3.63, 3.8) is 0 Å². The fourth-order valence-electron chi connectivity index (χ4n) is 2.70. The fraction of sp³-hybridized carbons (Fsp3) is 0. The average Bonchev–Trinajstić information content (AvgIpc) is 2.66. The van der Waals surface area contributed by atoms with Crippen molar-refractivity contribution in [3.8, 4) is 5.75 Å². The summed E-state index contributed by atoms with van der Waals surface area (Å²) in [6, 6.07) is 13.2. The molecule has 27 heavy (non-hydrogen) atoms. The molecule has 2 aromatic heterocycles. The Kier molecular flexibility index (Phi) is 4.02. The van der Waals surface area contributed by atoms with Crippen LogP contribution in [0.4, 0.5) is 11.4 Å². The molecular formula is C18H12N4O4S. The van der Waals surface area contributed by atoms with Crippen molar-refractivity contribution < 1.29 is 18.1 Å². The third kappa shape index (κ3) is 3.21. The SMILES string of the molecule is O=S(=O)(O)c1cc(/N=N/c2cnc3ccccc3c2)c(O)c2ncccc12. The summed E-state index contributed by atoms with van der Waals surface area (Å²) in [5.41, 5.74) is 1.07. The van der Waals surface area contributed by atoms with Crippen LogP contribution in [0.15, 0.2) is 76.0 Å². The molecule has 0 saturated carbocycles. The smallest absolute Gasteiger partial charge is 0.295 e. The van der Waals surface area contributed by atoms with E-state index in [9.17, 15) is 18.1 Å². The van der Waals surface area contributed by atoms with E-state index >= 15 is 0 Å². The van der Waals surface area contributed by atoms with Crippen molar-refractivity contribution in [2.75, 3.05) is 0 Å². The molecular weight excluding hydrogens is 368 g/mol. The van der Waals surface area contributed by atoms with Gasteiger partial charge < -0.3 is 5.11 Å². The second kappa shape index (κ2) is 6.38. The molecule has 0 saturated heterocycles.